The number of rotatable bonds is 2. The maximum Gasteiger partial charge on any atom is -0.00388 e. The fourth-order valence-electron chi connectivity index (χ4n) is 2.50. The predicted octanol–water partition coefficient (Wildman–Crippen LogP) is 2.22. The molecule has 72 valence electrons. The minimum absolute atomic E-state index is 0.705. The molecule has 1 aliphatic rings. The molecule has 0 amide bonds. The molecule has 1 heterocycles. The molecule has 1 fully saturated rings. The Labute approximate surface area is 80.5 Å². The van der Waals surface area contributed by atoms with E-state index in [2.05, 4.69) is 32.5 Å². The van der Waals surface area contributed by atoms with Gasteiger partial charge in [0.2, 0.25) is 0 Å². The van der Waals surface area contributed by atoms with Crippen LogP contribution in [0, 0.1) is 23.7 Å². The summed E-state index contributed by atoms with van der Waals surface area (Å²) in [6, 6.07) is 0. The van der Waals surface area contributed by atoms with Crippen LogP contribution >= 0.6 is 11.8 Å². The largest absolute Gasteiger partial charge is 0.330 e. The van der Waals surface area contributed by atoms with Crippen molar-refractivity contribution in [2.75, 3.05) is 18.1 Å². The predicted molar refractivity (Wildman–Crippen MR) is 57.4 cm³/mol. The second-order valence-electron chi connectivity index (χ2n) is 4.28. The second kappa shape index (κ2) is 4.52. The molecule has 2 heteroatoms. The molecule has 0 radical (unpaired) electrons. The first kappa shape index (κ1) is 10.4. The monoisotopic (exact) mass is 187 g/mol. The van der Waals surface area contributed by atoms with Gasteiger partial charge in [-0.1, -0.05) is 20.8 Å². The molecule has 12 heavy (non-hydrogen) atoms. The van der Waals surface area contributed by atoms with E-state index in [9.17, 15) is 0 Å². The highest BCUT2D eigenvalue weighted by Gasteiger charge is 2.31. The van der Waals surface area contributed by atoms with Crippen molar-refractivity contribution in [3.63, 3.8) is 0 Å². The van der Waals surface area contributed by atoms with E-state index in [-0.39, 0.29) is 0 Å². The first-order valence-electron chi connectivity index (χ1n) is 4.94. The number of hydrogen-bond donors (Lipinski definition) is 1. The lowest BCUT2D eigenvalue weighted by Crippen LogP contribution is -2.36. The fraction of sp³-hybridized carbons (Fsp3) is 1.00. The molecule has 0 aromatic heterocycles. The van der Waals surface area contributed by atoms with Crippen LogP contribution < -0.4 is 5.73 Å². The molecule has 0 bridgehead atoms. The molecule has 3 atom stereocenters. The van der Waals surface area contributed by atoms with Crippen LogP contribution in [0.25, 0.3) is 0 Å². The Hall–Kier alpha value is 0.310. The fourth-order valence-corrected chi connectivity index (χ4v) is 3.83. The van der Waals surface area contributed by atoms with E-state index in [0.29, 0.717) is 5.92 Å². The minimum Gasteiger partial charge on any atom is -0.330 e. The van der Waals surface area contributed by atoms with E-state index in [1.807, 2.05) is 0 Å². The van der Waals surface area contributed by atoms with Crippen LogP contribution in [0.3, 0.4) is 0 Å². The van der Waals surface area contributed by atoms with Gasteiger partial charge < -0.3 is 5.73 Å². The van der Waals surface area contributed by atoms with E-state index in [1.165, 1.54) is 11.5 Å². The molecule has 0 aromatic carbocycles. The van der Waals surface area contributed by atoms with Crippen molar-refractivity contribution in [1.29, 1.82) is 0 Å². The standard InChI is InChI=1S/C10H21NS/c1-7(4-11)10-8(2)5-12-6-9(10)3/h7-10H,4-6,11H2,1-3H3. The first-order chi connectivity index (χ1) is 5.66. The second-order valence-corrected chi connectivity index (χ2v) is 5.36. The Morgan fingerprint density at radius 3 is 2.25 bits per heavy atom. The van der Waals surface area contributed by atoms with Gasteiger partial charge in [0.15, 0.2) is 0 Å². The van der Waals surface area contributed by atoms with Crippen LogP contribution in [0.5, 0.6) is 0 Å². The summed E-state index contributed by atoms with van der Waals surface area (Å²) in [5.41, 5.74) is 5.72. The average molecular weight is 187 g/mol. The molecule has 0 spiro atoms. The van der Waals surface area contributed by atoms with Gasteiger partial charge in [0, 0.05) is 0 Å². The van der Waals surface area contributed by atoms with Crippen LogP contribution in [0.1, 0.15) is 20.8 Å². The zero-order valence-electron chi connectivity index (χ0n) is 8.42. The topological polar surface area (TPSA) is 26.0 Å². The van der Waals surface area contributed by atoms with Gasteiger partial charge >= 0.3 is 0 Å². The summed E-state index contributed by atoms with van der Waals surface area (Å²) in [4.78, 5) is 0. The van der Waals surface area contributed by atoms with Crippen LogP contribution in [0.2, 0.25) is 0 Å². The number of hydrogen-bond acceptors (Lipinski definition) is 2. The van der Waals surface area contributed by atoms with Gasteiger partial charge in [-0.3, -0.25) is 0 Å². The summed E-state index contributed by atoms with van der Waals surface area (Å²) in [6.07, 6.45) is 0. The Kier molecular flexibility index (Phi) is 3.91. The highest BCUT2D eigenvalue weighted by Crippen LogP contribution is 2.37. The number of nitrogens with two attached hydrogens (primary N) is 1. The van der Waals surface area contributed by atoms with Gasteiger partial charge in [-0.2, -0.15) is 11.8 Å². The van der Waals surface area contributed by atoms with Crippen LogP contribution in [-0.4, -0.2) is 18.1 Å². The lowest BCUT2D eigenvalue weighted by Gasteiger charge is -2.37. The van der Waals surface area contributed by atoms with Gasteiger partial charge in [0.25, 0.3) is 0 Å². The van der Waals surface area contributed by atoms with Crippen molar-refractivity contribution in [1.82, 2.24) is 0 Å². The molecular formula is C10H21NS. The van der Waals surface area contributed by atoms with E-state index >= 15 is 0 Å². The summed E-state index contributed by atoms with van der Waals surface area (Å²) in [6.45, 7) is 7.90. The third-order valence-corrected chi connectivity index (χ3v) is 4.63. The van der Waals surface area contributed by atoms with Gasteiger partial charge in [-0.25, -0.2) is 0 Å². The molecular weight excluding hydrogens is 166 g/mol. The van der Waals surface area contributed by atoms with Crippen molar-refractivity contribution >= 4 is 11.8 Å². The van der Waals surface area contributed by atoms with E-state index < -0.39 is 0 Å². The Bertz CT molecular complexity index is 122. The smallest absolute Gasteiger partial charge is 0.00388 e. The maximum atomic E-state index is 5.72. The Morgan fingerprint density at radius 1 is 1.33 bits per heavy atom. The molecule has 1 saturated heterocycles. The highest BCUT2D eigenvalue weighted by molar-refractivity contribution is 7.99. The maximum absolute atomic E-state index is 5.72. The molecule has 0 saturated carbocycles. The first-order valence-corrected chi connectivity index (χ1v) is 6.10. The summed E-state index contributed by atoms with van der Waals surface area (Å²) < 4.78 is 0. The summed E-state index contributed by atoms with van der Waals surface area (Å²) in [5, 5.41) is 0. The van der Waals surface area contributed by atoms with Crippen molar-refractivity contribution in [3.05, 3.63) is 0 Å². The van der Waals surface area contributed by atoms with E-state index in [1.54, 1.807) is 0 Å². The Balaban J connectivity index is 2.56. The van der Waals surface area contributed by atoms with Crippen molar-refractivity contribution in [3.8, 4) is 0 Å². The average Bonchev–Trinajstić information content (AvgIpc) is 2.03. The third kappa shape index (κ3) is 2.17. The SMILES string of the molecule is CC(CN)C1C(C)CSCC1C. The van der Waals surface area contributed by atoms with Crippen LogP contribution in [-0.2, 0) is 0 Å². The zero-order chi connectivity index (χ0) is 9.14. The lowest BCUT2D eigenvalue weighted by atomic mass is 9.76. The summed E-state index contributed by atoms with van der Waals surface area (Å²) in [5.74, 6) is 5.94. The molecule has 1 nitrogen and oxygen atoms in total. The summed E-state index contributed by atoms with van der Waals surface area (Å²) >= 11 is 2.10. The third-order valence-electron chi connectivity index (χ3n) is 3.10. The van der Waals surface area contributed by atoms with Gasteiger partial charge in [-0.05, 0) is 41.7 Å². The lowest BCUT2D eigenvalue weighted by molar-refractivity contribution is 0.202. The van der Waals surface area contributed by atoms with Crippen molar-refractivity contribution < 1.29 is 0 Å². The molecule has 0 aromatic rings. The Morgan fingerprint density at radius 2 is 1.83 bits per heavy atom. The molecule has 1 aliphatic heterocycles. The molecule has 3 unspecified atom stereocenters. The van der Waals surface area contributed by atoms with Crippen LogP contribution in [0.15, 0.2) is 0 Å². The van der Waals surface area contributed by atoms with Gasteiger partial charge in [0.05, 0.1) is 0 Å². The van der Waals surface area contributed by atoms with E-state index in [4.69, 9.17) is 5.73 Å². The molecule has 0 aliphatic carbocycles. The van der Waals surface area contributed by atoms with Crippen molar-refractivity contribution in [2.45, 2.75) is 20.8 Å². The minimum atomic E-state index is 0.705. The van der Waals surface area contributed by atoms with Crippen molar-refractivity contribution in [2.24, 2.45) is 29.4 Å². The molecule has 1 rings (SSSR count). The van der Waals surface area contributed by atoms with Crippen LogP contribution in [0.4, 0.5) is 0 Å². The number of thioether (sulfide) groups is 1. The highest BCUT2D eigenvalue weighted by atomic mass is 32.2. The van der Waals surface area contributed by atoms with Gasteiger partial charge in [-0.15, -0.1) is 0 Å². The van der Waals surface area contributed by atoms with Gasteiger partial charge in [0.1, 0.15) is 0 Å². The zero-order valence-corrected chi connectivity index (χ0v) is 9.23. The molecule has 2 N–H and O–H groups in total. The quantitative estimate of drug-likeness (QED) is 0.717. The summed E-state index contributed by atoms with van der Waals surface area (Å²) in [7, 11) is 0. The normalized spacial score (nSPS) is 39.5. The van der Waals surface area contributed by atoms with E-state index in [0.717, 1.165) is 24.3 Å².